The molecule has 0 heterocycles. The maximum absolute atomic E-state index is 9.06. The number of hydrogen-bond donors (Lipinski definition) is 1. The number of halogens is 2. The third-order valence-electron chi connectivity index (χ3n) is 2.54. The summed E-state index contributed by atoms with van der Waals surface area (Å²) >= 11 is 9.45. The SMILES string of the molecule is Cc1cc(CO)ccc1Oc1cc(Br)ccc1Cl. The number of hydrogen-bond acceptors (Lipinski definition) is 2. The number of aliphatic hydroxyl groups is 1. The summed E-state index contributed by atoms with van der Waals surface area (Å²) in [6.07, 6.45) is 0. The maximum Gasteiger partial charge on any atom is 0.147 e. The van der Waals surface area contributed by atoms with Gasteiger partial charge in [0.1, 0.15) is 11.5 Å². The van der Waals surface area contributed by atoms with Crippen LogP contribution in [-0.2, 0) is 6.61 Å². The highest BCUT2D eigenvalue weighted by Gasteiger charge is 2.06. The molecule has 0 unspecified atom stereocenters. The first-order chi connectivity index (χ1) is 8.60. The van der Waals surface area contributed by atoms with Crippen molar-refractivity contribution in [1.82, 2.24) is 0 Å². The molecule has 0 amide bonds. The van der Waals surface area contributed by atoms with Gasteiger partial charge in [0.2, 0.25) is 0 Å². The van der Waals surface area contributed by atoms with E-state index in [0.717, 1.165) is 21.3 Å². The lowest BCUT2D eigenvalue weighted by Gasteiger charge is -2.11. The van der Waals surface area contributed by atoms with Crippen molar-refractivity contribution in [3.05, 3.63) is 57.0 Å². The van der Waals surface area contributed by atoms with Gasteiger partial charge in [-0.1, -0.05) is 39.7 Å². The number of rotatable bonds is 3. The van der Waals surface area contributed by atoms with Crippen LogP contribution in [0.2, 0.25) is 5.02 Å². The van der Waals surface area contributed by atoms with Crippen LogP contribution >= 0.6 is 27.5 Å². The van der Waals surface area contributed by atoms with Crippen molar-refractivity contribution in [3.8, 4) is 11.5 Å². The highest BCUT2D eigenvalue weighted by atomic mass is 79.9. The zero-order valence-electron chi connectivity index (χ0n) is 9.78. The minimum Gasteiger partial charge on any atom is -0.455 e. The fourth-order valence-electron chi connectivity index (χ4n) is 1.60. The molecule has 2 nitrogen and oxygen atoms in total. The van der Waals surface area contributed by atoms with Crippen LogP contribution in [0.25, 0.3) is 0 Å². The third-order valence-corrected chi connectivity index (χ3v) is 3.34. The van der Waals surface area contributed by atoms with E-state index in [2.05, 4.69) is 15.9 Å². The monoisotopic (exact) mass is 326 g/mol. The second kappa shape index (κ2) is 5.74. The van der Waals surface area contributed by atoms with Crippen molar-refractivity contribution in [1.29, 1.82) is 0 Å². The highest BCUT2D eigenvalue weighted by Crippen LogP contribution is 2.33. The first-order valence-corrected chi connectivity index (χ1v) is 6.60. The fraction of sp³-hybridized carbons (Fsp3) is 0.143. The van der Waals surface area contributed by atoms with Crippen LogP contribution in [0, 0.1) is 6.92 Å². The van der Waals surface area contributed by atoms with E-state index in [4.69, 9.17) is 21.4 Å². The molecule has 0 aliphatic rings. The fourth-order valence-corrected chi connectivity index (χ4v) is 2.09. The number of aliphatic hydroxyl groups excluding tert-OH is 1. The predicted octanol–water partition coefficient (Wildman–Crippen LogP) is 4.70. The van der Waals surface area contributed by atoms with Crippen LogP contribution in [0.5, 0.6) is 11.5 Å². The predicted molar refractivity (Wildman–Crippen MR) is 76.3 cm³/mol. The van der Waals surface area contributed by atoms with Crippen molar-refractivity contribution in [3.63, 3.8) is 0 Å². The number of benzene rings is 2. The van der Waals surface area contributed by atoms with E-state index in [-0.39, 0.29) is 6.61 Å². The van der Waals surface area contributed by atoms with Crippen LogP contribution in [0.15, 0.2) is 40.9 Å². The van der Waals surface area contributed by atoms with Gasteiger partial charge in [-0.2, -0.15) is 0 Å². The van der Waals surface area contributed by atoms with Gasteiger partial charge in [-0.25, -0.2) is 0 Å². The quantitative estimate of drug-likeness (QED) is 0.885. The maximum atomic E-state index is 9.06. The van der Waals surface area contributed by atoms with Gasteiger partial charge in [0.25, 0.3) is 0 Å². The van der Waals surface area contributed by atoms with E-state index in [1.54, 1.807) is 6.07 Å². The average Bonchev–Trinajstić information content (AvgIpc) is 2.36. The molecule has 0 radical (unpaired) electrons. The summed E-state index contributed by atoms with van der Waals surface area (Å²) < 4.78 is 6.69. The van der Waals surface area contributed by atoms with Crippen LogP contribution in [0.3, 0.4) is 0 Å². The Labute approximate surface area is 119 Å². The second-order valence-electron chi connectivity index (χ2n) is 3.93. The first-order valence-electron chi connectivity index (χ1n) is 5.43. The van der Waals surface area contributed by atoms with Crippen LogP contribution in [-0.4, -0.2) is 5.11 Å². The number of ether oxygens (including phenoxy) is 1. The standard InChI is InChI=1S/C14H12BrClO2/c1-9-6-10(8-17)2-5-13(9)18-14-7-11(15)3-4-12(14)16/h2-7,17H,8H2,1H3. The molecule has 2 rings (SSSR count). The molecule has 0 aliphatic heterocycles. The normalized spacial score (nSPS) is 10.4. The van der Waals surface area contributed by atoms with Gasteiger partial charge in [0.15, 0.2) is 0 Å². The molecule has 2 aromatic rings. The highest BCUT2D eigenvalue weighted by molar-refractivity contribution is 9.10. The van der Waals surface area contributed by atoms with Crippen molar-refractivity contribution in [2.24, 2.45) is 0 Å². The Hall–Kier alpha value is -1.03. The lowest BCUT2D eigenvalue weighted by molar-refractivity contribution is 0.281. The molecular weight excluding hydrogens is 316 g/mol. The van der Waals surface area contributed by atoms with E-state index >= 15 is 0 Å². The van der Waals surface area contributed by atoms with Crippen LogP contribution < -0.4 is 4.74 Å². The largest absolute Gasteiger partial charge is 0.455 e. The van der Waals surface area contributed by atoms with Crippen LogP contribution in [0.4, 0.5) is 0 Å². The molecule has 0 aromatic heterocycles. The average molecular weight is 328 g/mol. The number of aryl methyl sites for hydroxylation is 1. The summed E-state index contributed by atoms with van der Waals surface area (Å²) in [5.74, 6) is 1.33. The van der Waals surface area contributed by atoms with Gasteiger partial charge in [-0.3, -0.25) is 0 Å². The molecular formula is C14H12BrClO2. The van der Waals surface area contributed by atoms with Gasteiger partial charge in [-0.15, -0.1) is 0 Å². The van der Waals surface area contributed by atoms with E-state index in [1.165, 1.54) is 0 Å². The lowest BCUT2D eigenvalue weighted by Crippen LogP contribution is -1.91. The molecule has 0 fully saturated rings. The van der Waals surface area contributed by atoms with E-state index < -0.39 is 0 Å². The van der Waals surface area contributed by atoms with Gasteiger partial charge in [0, 0.05) is 4.47 Å². The molecule has 18 heavy (non-hydrogen) atoms. The molecule has 0 bridgehead atoms. The Kier molecular flexibility index (Phi) is 4.27. The Morgan fingerprint density at radius 1 is 1.17 bits per heavy atom. The summed E-state index contributed by atoms with van der Waals surface area (Å²) in [6.45, 7) is 1.96. The van der Waals surface area contributed by atoms with Crippen molar-refractivity contribution in [2.45, 2.75) is 13.5 Å². The second-order valence-corrected chi connectivity index (χ2v) is 5.26. The summed E-state index contributed by atoms with van der Waals surface area (Å²) in [5, 5.41) is 9.61. The Balaban J connectivity index is 2.31. The first kappa shape index (κ1) is 13.4. The van der Waals surface area contributed by atoms with E-state index in [1.807, 2.05) is 37.3 Å². The van der Waals surface area contributed by atoms with Gasteiger partial charge in [0.05, 0.1) is 11.6 Å². The molecule has 4 heteroatoms. The van der Waals surface area contributed by atoms with Crippen molar-refractivity contribution in [2.75, 3.05) is 0 Å². The minimum atomic E-state index is 0.0265. The third kappa shape index (κ3) is 3.05. The summed E-state index contributed by atoms with van der Waals surface area (Å²) in [5.41, 5.74) is 1.82. The minimum absolute atomic E-state index is 0.0265. The molecule has 0 saturated carbocycles. The van der Waals surface area contributed by atoms with Crippen molar-refractivity contribution < 1.29 is 9.84 Å². The van der Waals surface area contributed by atoms with Gasteiger partial charge in [-0.05, 0) is 42.3 Å². The van der Waals surface area contributed by atoms with Crippen molar-refractivity contribution >= 4 is 27.5 Å². The zero-order chi connectivity index (χ0) is 13.1. The summed E-state index contributed by atoms with van der Waals surface area (Å²) in [6, 6.07) is 11.0. The lowest BCUT2D eigenvalue weighted by atomic mass is 10.1. The summed E-state index contributed by atoms with van der Waals surface area (Å²) in [4.78, 5) is 0. The Morgan fingerprint density at radius 2 is 1.94 bits per heavy atom. The molecule has 0 atom stereocenters. The Morgan fingerprint density at radius 3 is 2.61 bits per heavy atom. The van der Waals surface area contributed by atoms with Crippen LogP contribution in [0.1, 0.15) is 11.1 Å². The zero-order valence-corrected chi connectivity index (χ0v) is 12.1. The summed E-state index contributed by atoms with van der Waals surface area (Å²) in [7, 11) is 0. The molecule has 94 valence electrons. The van der Waals surface area contributed by atoms with E-state index in [0.29, 0.717) is 10.8 Å². The molecule has 1 N–H and O–H groups in total. The molecule has 0 spiro atoms. The van der Waals surface area contributed by atoms with E-state index in [9.17, 15) is 0 Å². The van der Waals surface area contributed by atoms with Gasteiger partial charge >= 0.3 is 0 Å². The molecule has 2 aromatic carbocycles. The smallest absolute Gasteiger partial charge is 0.147 e. The van der Waals surface area contributed by atoms with Gasteiger partial charge < -0.3 is 9.84 Å². The molecule has 0 saturated heterocycles. The topological polar surface area (TPSA) is 29.5 Å². The molecule has 0 aliphatic carbocycles. The Bertz CT molecular complexity index is 570.